The van der Waals surface area contributed by atoms with Crippen molar-refractivity contribution in [3.05, 3.63) is 41.8 Å². The van der Waals surface area contributed by atoms with Gasteiger partial charge in [-0.1, -0.05) is 12.1 Å². The van der Waals surface area contributed by atoms with E-state index in [1.807, 2.05) is 6.07 Å². The average molecular weight is 161 g/mol. The van der Waals surface area contributed by atoms with E-state index in [4.69, 9.17) is 0 Å². The molecule has 0 bridgehead atoms. The van der Waals surface area contributed by atoms with E-state index in [2.05, 4.69) is 10.5 Å². The molecule has 1 aliphatic rings. The summed E-state index contributed by atoms with van der Waals surface area (Å²) in [5.74, 6) is -0.242. The largest absolute Gasteiger partial charge is 0.207 e. The molecule has 59 valence electrons. The highest BCUT2D eigenvalue weighted by Gasteiger charge is 2.03. The van der Waals surface area contributed by atoms with Gasteiger partial charge in [-0.25, -0.2) is 4.39 Å². The highest BCUT2D eigenvalue weighted by atomic mass is 19.1. The molecule has 1 radical (unpaired) electrons. The maximum atomic E-state index is 12.7. The first-order valence-electron chi connectivity index (χ1n) is 3.55. The van der Waals surface area contributed by atoms with Gasteiger partial charge in [0.2, 0.25) is 0 Å². The van der Waals surface area contributed by atoms with Crippen molar-refractivity contribution in [3.8, 4) is 0 Å². The molecular weight excluding hydrogens is 155 g/mol. The summed E-state index contributed by atoms with van der Waals surface area (Å²) in [4.78, 5) is 0. The molecule has 0 fully saturated rings. The van der Waals surface area contributed by atoms with Crippen LogP contribution in [0, 0.1) is 5.82 Å². The van der Waals surface area contributed by atoms with Gasteiger partial charge >= 0.3 is 0 Å². The molecule has 2 rings (SSSR count). The maximum absolute atomic E-state index is 12.7. The third-order valence-corrected chi connectivity index (χ3v) is 1.62. The summed E-state index contributed by atoms with van der Waals surface area (Å²) in [6, 6.07) is 6.35. The van der Waals surface area contributed by atoms with Crippen molar-refractivity contribution >= 4 is 11.8 Å². The van der Waals surface area contributed by atoms with Crippen molar-refractivity contribution in [2.75, 3.05) is 0 Å². The molecule has 0 saturated heterocycles. The van der Waals surface area contributed by atoms with E-state index in [0.29, 0.717) is 0 Å². The Kier molecular flexibility index (Phi) is 1.63. The van der Waals surface area contributed by atoms with Crippen molar-refractivity contribution in [1.29, 1.82) is 0 Å². The predicted octanol–water partition coefficient (Wildman–Crippen LogP) is 1.77. The second kappa shape index (κ2) is 2.77. The lowest BCUT2D eigenvalue weighted by Gasteiger charge is -1.96. The third kappa shape index (κ3) is 1.21. The number of halogens is 1. The fourth-order valence-electron chi connectivity index (χ4n) is 1.04. The molecule has 0 spiro atoms. The van der Waals surface area contributed by atoms with Crippen molar-refractivity contribution in [1.82, 2.24) is 5.43 Å². The second-order valence-corrected chi connectivity index (χ2v) is 2.45. The number of hydrogen-bond donors (Lipinski definition) is 0. The first-order chi connectivity index (χ1) is 5.86. The van der Waals surface area contributed by atoms with Gasteiger partial charge < -0.3 is 0 Å². The predicted molar refractivity (Wildman–Crippen MR) is 45.0 cm³/mol. The van der Waals surface area contributed by atoms with Gasteiger partial charge in [-0.2, -0.15) is 10.5 Å². The first kappa shape index (κ1) is 7.03. The summed E-state index contributed by atoms with van der Waals surface area (Å²) < 4.78 is 12.7. The molecule has 1 heterocycles. The van der Waals surface area contributed by atoms with Crippen LogP contribution in [0.5, 0.6) is 0 Å². The molecule has 3 heteroatoms. The second-order valence-electron chi connectivity index (χ2n) is 2.45. The number of benzene rings is 1. The number of allylic oxidation sites excluding steroid dienone is 1. The van der Waals surface area contributed by atoms with E-state index in [-0.39, 0.29) is 5.82 Å². The van der Waals surface area contributed by atoms with Gasteiger partial charge in [-0.05, 0) is 17.7 Å². The van der Waals surface area contributed by atoms with Gasteiger partial charge in [-0.15, -0.1) is 0 Å². The van der Waals surface area contributed by atoms with Gasteiger partial charge in [0.1, 0.15) is 5.82 Å². The van der Waals surface area contributed by atoms with Crippen LogP contribution in [-0.4, -0.2) is 6.21 Å². The monoisotopic (exact) mass is 161 g/mol. The maximum Gasteiger partial charge on any atom is 0.123 e. The minimum absolute atomic E-state index is 0.242. The zero-order valence-electron chi connectivity index (χ0n) is 6.24. The van der Waals surface area contributed by atoms with Crippen LogP contribution < -0.4 is 5.43 Å². The topological polar surface area (TPSA) is 26.5 Å². The Morgan fingerprint density at radius 3 is 2.83 bits per heavy atom. The van der Waals surface area contributed by atoms with Gasteiger partial charge in [0, 0.05) is 5.57 Å². The van der Waals surface area contributed by atoms with E-state index >= 15 is 0 Å². The van der Waals surface area contributed by atoms with Crippen molar-refractivity contribution in [3.63, 3.8) is 0 Å². The fourth-order valence-corrected chi connectivity index (χ4v) is 1.04. The minimum Gasteiger partial charge on any atom is -0.207 e. The third-order valence-electron chi connectivity index (χ3n) is 1.62. The average Bonchev–Trinajstić information content (AvgIpc) is 2.56. The Balaban J connectivity index is 2.40. The van der Waals surface area contributed by atoms with E-state index in [1.54, 1.807) is 18.5 Å². The zero-order valence-corrected chi connectivity index (χ0v) is 6.24. The molecule has 0 N–H and O–H groups in total. The summed E-state index contributed by atoms with van der Waals surface area (Å²) in [5.41, 5.74) is 5.30. The van der Waals surface area contributed by atoms with Crippen molar-refractivity contribution in [2.24, 2.45) is 5.10 Å². The van der Waals surface area contributed by atoms with Gasteiger partial charge in [0.25, 0.3) is 0 Å². The molecule has 0 amide bonds. The SMILES string of the molecule is Fc1cccc(C2=C[N]N=C2)c1. The number of rotatable bonds is 1. The Bertz CT molecular complexity index is 355. The van der Waals surface area contributed by atoms with Crippen LogP contribution in [-0.2, 0) is 0 Å². The molecule has 1 aromatic carbocycles. The van der Waals surface area contributed by atoms with E-state index in [1.165, 1.54) is 12.1 Å². The lowest BCUT2D eigenvalue weighted by atomic mass is 10.1. The highest BCUT2D eigenvalue weighted by molar-refractivity contribution is 6.10. The number of hydrogen-bond acceptors (Lipinski definition) is 1. The first-order valence-corrected chi connectivity index (χ1v) is 3.55. The van der Waals surface area contributed by atoms with Gasteiger partial charge in [0.05, 0.1) is 12.4 Å². The smallest absolute Gasteiger partial charge is 0.123 e. The molecular formula is C9H6FN2. The van der Waals surface area contributed by atoms with Crippen LogP contribution in [0.4, 0.5) is 4.39 Å². The van der Waals surface area contributed by atoms with E-state index < -0.39 is 0 Å². The molecule has 0 saturated carbocycles. The minimum atomic E-state index is -0.242. The molecule has 2 nitrogen and oxygen atoms in total. The zero-order chi connectivity index (χ0) is 8.39. The molecule has 1 aromatic rings. The Morgan fingerprint density at radius 1 is 1.25 bits per heavy atom. The standard InChI is InChI=1S/C9H6FN2/c10-9-3-1-2-7(4-9)8-5-11-12-6-8/h1-6H. The Morgan fingerprint density at radius 2 is 2.17 bits per heavy atom. The van der Waals surface area contributed by atoms with Crippen LogP contribution >= 0.6 is 0 Å². The summed E-state index contributed by atoms with van der Waals surface area (Å²) in [7, 11) is 0. The molecule has 0 unspecified atom stereocenters. The Hall–Kier alpha value is -1.64. The quantitative estimate of drug-likeness (QED) is 0.600. The molecule has 0 aromatic heterocycles. The lowest BCUT2D eigenvalue weighted by molar-refractivity contribution is 0.627. The summed E-state index contributed by atoms with van der Waals surface area (Å²) in [5, 5.41) is 3.66. The molecule has 12 heavy (non-hydrogen) atoms. The van der Waals surface area contributed by atoms with Crippen molar-refractivity contribution < 1.29 is 4.39 Å². The normalized spacial score (nSPS) is 14.2. The lowest BCUT2D eigenvalue weighted by Crippen LogP contribution is -1.84. The van der Waals surface area contributed by atoms with Crippen LogP contribution in [0.2, 0.25) is 0 Å². The summed E-state index contributed by atoms with van der Waals surface area (Å²) in [6.07, 6.45) is 3.21. The van der Waals surface area contributed by atoms with Gasteiger partial charge in [0.15, 0.2) is 0 Å². The van der Waals surface area contributed by atoms with E-state index in [9.17, 15) is 4.39 Å². The Labute approximate surface area is 69.4 Å². The van der Waals surface area contributed by atoms with Crippen molar-refractivity contribution in [2.45, 2.75) is 0 Å². The van der Waals surface area contributed by atoms with Gasteiger partial charge in [-0.3, -0.25) is 0 Å². The van der Waals surface area contributed by atoms with Crippen LogP contribution in [0.1, 0.15) is 5.56 Å². The van der Waals surface area contributed by atoms with Crippen LogP contribution in [0.25, 0.3) is 5.57 Å². The summed E-state index contributed by atoms with van der Waals surface area (Å²) in [6.45, 7) is 0. The molecule has 0 aliphatic carbocycles. The number of nitrogens with zero attached hydrogens (tertiary/aromatic N) is 2. The molecule has 1 aliphatic heterocycles. The molecule has 0 atom stereocenters. The van der Waals surface area contributed by atoms with E-state index in [0.717, 1.165) is 11.1 Å². The fraction of sp³-hybridized carbons (Fsp3) is 0. The highest BCUT2D eigenvalue weighted by Crippen LogP contribution is 2.15. The summed E-state index contributed by atoms with van der Waals surface area (Å²) >= 11 is 0. The van der Waals surface area contributed by atoms with Crippen LogP contribution in [0.15, 0.2) is 35.6 Å². The van der Waals surface area contributed by atoms with Crippen LogP contribution in [0.3, 0.4) is 0 Å².